The van der Waals surface area contributed by atoms with E-state index in [1.807, 2.05) is 29.3 Å². The Morgan fingerprint density at radius 1 is 1.33 bits per heavy atom. The molecule has 110 valence electrons. The minimum atomic E-state index is 0.136. The zero-order valence-corrected chi connectivity index (χ0v) is 12.5. The first-order chi connectivity index (χ1) is 10.2. The minimum Gasteiger partial charge on any atom is -0.340 e. The van der Waals surface area contributed by atoms with Crippen LogP contribution in [-0.4, -0.2) is 33.7 Å². The summed E-state index contributed by atoms with van der Waals surface area (Å²) in [5.41, 5.74) is 1.26. The number of amides is 1. The quantitative estimate of drug-likeness (QED) is 0.874. The minimum absolute atomic E-state index is 0.136. The van der Waals surface area contributed by atoms with Crippen molar-refractivity contribution in [3.63, 3.8) is 0 Å². The number of rotatable bonds is 3. The van der Waals surface area contributed by atoms with Crippen LogP contribution >= 0.6 is 11.6 Å². The molecule has 1 aromatic carbocycles. The summed E-state index contributed by atoms with van der Waals surface area (Å²) in [6, 6.07) is 9.80. The Balaban J connectivity index is 1.65. The maximum atomic E-state index is 12.3. The highest BCUT2D eigenvalue weighted by molar-refractivity contribution is 6.30. The van der Waals surface area contributed by atoms with Crippen LogP contribution in [0.2, 0.25) is 5.02 Å². The van der Waals surface area contributed by atoms with Gasteiger partial charge in [0.15, 0.2) is 0 Å². The average Bonchev–Trinajstić information content (AvgIpc) is 3.01. The Labute approximate surface area is 129 Å². The molecule has 21 heavy (non-hydrogen) atoms. The van der Waals surface area contributed by atoms with Crippen molar-refractivity contribution in [1.29, 1.82) is 0 Å². The Kier molecular flexibility index (Phi) is 4.25. The SMILES string of the molecule is O=C(Cn1cccn1)N1CCCC(c2ccc(Cl)cc2)C1. The van der Waals surface area contributed by atoms with Crippen LogP contribution in [0, 0.1) is 0 Å². The molecule has 1 saturated heterocycles. The van der Waals surface area contributed by atoms with Gasteiger partial charge < -0.3 is 4.90 Å². The van der Waals surface area contributed by atoms with Crippen molar-refractivity contribution in [2.45, 2.75) is 25.3 Å². The Morgan fingerprint density at radius 3 is 2.86 bits per heavy atom. The molecule has 0 radical (unpaired) electrons. The summed E-state index contributed by atoms with van der Waals surface area (Å²) in [6.07, 6.45) is 5.67. The van der Waals surface area contributed by atoms with Crippen LogP contribution in [0.15, 0.2) is 42.7 Å². The molecule has 2 heterocycles. The number of carbonyl (C=O) groups excluding carboxylic acids is 1. The van der Waals surface area contributed by atoms with E-state index >= 15 is 0 Å². The number of hydrogen-bond donors (Lipinski definition) is 0. The van der Waals surface area contributed by atoms with Gasteiger partial charge in [-0.1, -0.05) is 23.7 Å². The number of carbonyl (C=O) groups is 1. The molecular weight excluding hydrogens is 286 g/mol. The van der Waals surface area contributed by atoms with E-state index in [4.69, 9.17) is 11.6 Å². The lowest BCUT2D eigenvalue weighted by Gasteiger charge is -2.33. The Hall–Kier alpha value is -1.81. The van der Waals surface area contributed by atoms with E-state index in [1.165, 1.54) is 5.56 Å². The predicted octanol–water partition coefficient (Wildman–Crippen LogP) is 2.94. The molecule has 1 atom stereocenters. The molecule has 1 unspecified atom stereocenters. The molecule has 4 nitrogen and oxygen atoms in total. The van der Waals surface area contributed by atoms with Crippen molar-refractivity contribution in [1.82, 2.24) is 14.7 Å². The van der Waals surface area contributed by atoms with E-state index in [9.17, 15) is 4.79 Å². The van der Waals surface area contributed by atoms with Crippen LogP contribution < -0.4 is 0 Å². The van der Waals surface area contributed by atoms with Gasteiger partial charge in [-0.3, -0.25) is 9.48 Å². The van der Waals surface area contributed by atoms with E-state index in [1.54, 1.807) is 10.9 Å². The molecule has 1 amide bonds. The highest BCUT2D eigenvalue weighted by Gasteiger charge is 2.24. The van der Waals surface area contributed by atoms with Crippen LogP contribution in [0.4, 0.5) is 0 Å². The first-order valence-electron chi connectivity index (χ1n) is 7.23. The number of halogens is 1. The third-order valence-electron chi connectivity index (χ3n) is 3.97. The average molecular weight is 304 g/mol. The molecule has 1 aliphatic rings. The van der Waals surface area contributed by atoms with Crippen molar-refractivity contribution in [2.24, 2.45) is 0 Å². The lowest BCUT2D eigenvalue weighted by molar-refractivity contribution is -0.133. The van der Waals surface area contributed by atoms with Crippen LogP contribution in [0.1, 0.15) is 24.3 Å². The largest absolute Gasteiger partial charge is 0.340 e. The molecule has 0 bridgehead atoms. The van der Waals surface area contributed by atoms with Crippen molar-refractivity contribution < 1.29 is 4.79 Å². The number of benzene rings is 1. The molecule has 3 rings (SSSR count). The number of hydrogen-bond acceptors (Lipinski definition) is 2. The van der Waals surface area contributed by atoms with Gasteiger partial charge in [0.05, 0.1) is 0 Å². The topological polar surface area (TPSA) is 38.1 Å². The maximum absolute atomic E-state index is 12.3. The lowest BCUT2D eigenvalue weighted by Crippen LogP contribution is -2.40. The van der Waals surface area contributed by atoms with Crippen LogP contribution in [0.25, 0.3) is 0 Å². The monoisotopic (exact) mass is 303 g/mol. The van der Waals surface area contributed by atoms with Gasteiger partial charge in [0.25, 0.3) is 0 Å². The summed E-state index contributed by atoms with van der Waals surface area (Å²) in [7, 11) is 0. The molecule has 0 aliphatic carbocycles. The van der Waals surface area contributed by atoms with Gasteiger partial charge in [-0.15, -0.1) is 0 Å². The van der Waals surface area contributed by atoms with Crippen molar-refractivity contribution in [3.8, 4) is 0 Å². The zero-order valence-electron chi connectivity index (χ0n) is 11.8. The van der Waals surface area contributed by atoms with Crippen molar-refractivity contribution in [3.05, 3.63) is 53.3 Å². The molecule has 0 saturated carbocycles. The first kappa shape index (κ1) is 14.1. The predicted molar refractivity (Wildman–Crippen MR) is 82.2 cm³/mol. The second-order valence-corrected chi connectivity index (χ2v) is 5.87. The van der Waals surface area contributed by atoms with Crippen LogP contribution in [0.5, 0.6) is 0 Å². The Bertz CT molecular complexity index is 594. The fourth-order valence-electron chi connectivity index (χ4n) is 2.84. The van der Waals surface area contributed by atoms with E-state index in [-0.39, 0.29) is 5.91 Å². The van der Waals surface area contributed by atoms with Gasteiger partial charge in [-0.05, 0) is 36.6 Å². The third-order valence-corrected chi connectivity index (χ3v) is 4.22. The summed E-state index contributed by atoms with van der Waals surface area (Å²) in [5, 5.41) is 4.84. The standard InChI is InChI=1S/C16H18ClN3O/c17-15-6-4-13(5-7-15)14-3-1-9-19(11-14)16(21)12-20-10-2-8-18-20/h2,4-8,10,14H,1,3,9,11-12H2. The van der Waals surface area contributed by atoms with E-state index in [0.717, 1.165) is 31.0 Å². The fourth-order valence-corrected chi connectivity index (χ4v) is 2.97. The van der Waals surface area contributed by atoms with Gasteiger partial charge in [-0.2, -0.15) is 5.10 Å². The molecular formula is C16H18ClN3O. The third kappa shape index (κ3) is 3.45. The molecule has 1 aliphatic heterocycles. The lowest BCUT2D eigenvalue weighted by atomic mass is 9.90. The van der Waals surface area contributed by atoms with E-state index in [2.05, 4.69) is 17.2 Å². The van der Waals surface area contributed by atoms with Crippen LogP contribution in [0.3, 0.4) is 0 Å². The first-order valence-corrected chi connectivity index (χ1v) is 7.61. The Morgan fingerprint density at radius 2 is 2.14 bits per heavy atom. The number of nitrogens with zero attached hydrogens (tertiary/aromatic N) is 3. The maximum Gasteiger partial charge on any atom is 0.244 e. The molecule has 5 heteroatoms. The normalized spacial score (nSPS) is 18.7. The van der Waals surface area contributed by atoms with Gasteiger partial charge in [0.1, 0.15) is 6.54 Å². The van der Waals surface area contributed by atoms with E-state index < -0.39 is 0 Å². The van der Waals surface area contributed by atoms with Gasteiger partial charge >= 0.3 is 0 Å². The number of aromatic nitrogens is 2. The summed E-state index contributed by atoms with van der Waals surface area (Å²) in [5.74, 6) is 0.537. The number of piperidine rings is 1. The summed E-state index contributed by atoms with van der Waals surface area (Å²) in [4.78, 5) is 14.3. The van der Waals surface area contributed by atoms with Gasteiger partial charge in [0, 0.05) is 36.4 Å². The van der Waals surface area contributed by atoms with Crippen molar-refractivity contribution in [2.75, 3.05) is 13.1 Å². The van der Waals surface area contributed by atoms with Gasteiger partial charge in [0.2, 0.25) is 5.91 Å². The number of likely N-dealkylation sites (tertiary alicyclic amines) is 1. The molecule has 2 aromatic rings. The summed E-state index contributed by atoms with van der Waals surface area (Å²) in [6.45, 7) is 1.94. The second-order valence-electron chi connectivity index (χ2n) is 5.43. The highest BCUT2D eigenvalue weighted by atomic mass is 35.5. The molecule has 0 spiro atoms. The molecule has 1 fully saturated rings. The molecule has 1 aromatic heterocycles. The summed E-state index contributed by atoms with van der Waals surface area (Å²) >= 11 is 5.93. The molecule has 0 N–H and O–H groups in total. The zero-order chi connectivity index (χ0) is 14.7. The summed E-state index contributed by atoms with van der Waals surface area (Å²) < 4.78 is 1.67. The van der Waals surface area contributed by atoms with Crippen molar-refractivity contribution >= 4 is 17.5 Å². The smallest absolute Gasteiger partial charge is 0.244 e. The highest BCUT2D eigenvalue weighted by Crippen LogP contribution is 2.27. The van der Waals surface area contributed by atoms with E-state index in [0.29, 0.717) is 12.5 Å². The van der Waals surface area contributed by atoms with Gasteiger partial charge in [-0.25, -0.2) is 0 Å². The second kappa shape index (κ2) is 6.31. The fraction of sp³-hybridized carbons (Fsp3) is 0.375. The van der Waals surface area contributed by atoms with Crippen LogP contribution in [-0.2, 0) is 11.3 Å².